The molecule has 4 heteroatoms. The Morgan fingerprint density at radius 3 is 2.43 bits per heavy atom. The van der Waals surface area contributed by atoms with Gasteiger partial charge in [0.05, 0.1) is 19.1 Å². The number of esters is 1. The lowest BCUT2D eigenvalue weighted by molar-refractivity contribution is -0.151. The molecule has 0 radical (unpaired) electrons. The molecule has 3 nitrogen and oxygen atoms in total. The van der Waals surface area contributed by atoms with E-state index in [2.05, 4.69) is 4.74 Å². The first kappa shape index (κ1) is 13.8. The summed E-state index contributed by atoms with van der Waals surface area (Å²) in [4.78, 5) is 11.4. The van der Waals surface area contributed by atoms with Gasteiger partial charge in [-0.05, 0) is 24.3 Å². The third-order valence-corrected chi connectivity index (χ3v) is 2.87. The smallest absolute Gasteiger partial charge is 0.311 e. The molecule has 0 amide bonds. The van der Waals surface area contributed by atoms with Gasteiger partial charge in [0.15, 0.2) is 0 Å². The Morgan fingerprint density at radius 2 is 2.07 bits per heavy atom. The Labute approximate surface area is 90.2 Å². The van der Waals surface area contributed by atoms with Crippen LogP contribution >= 0.6 is 11.8 Å². The normalized spacial score (nSPS) is 15.3. The molecular formula is C10H20O3S. The van der Waals surface area contributed by atoms with Crippen molar-refractivity contribution >= 4 is 17.7 Å². The van der Waals surface area contributed by atoms with Gasteiger partial charge in [-0.1, -0.05) is 13.8 Å². The van der Waals surface area contributed by atoms with Crippen molar-refractivity contribution in [2.75, 3.05) is 19.1 Å². The number of ether oxygens (including phenoxy) is 1. The zero-order valence-corrected chi connectivity index (χ0v) is 10.1. The molecule has 0 saturated heterocycles. The maximum absolute atomic E-state index is 11.4. The van der Waals surface area contributed by atoms with E-state index in [1.54, 1.807) is 11.8 Å². The highest BCUT2D eigenvalue weighted by Gasteiger charge is 2.30. The Balaban J connectivity index is 4.25. The fourth-order valence-electron chi connectivity index (χ4n) is 1.43. The highest BCUT2D eigenvalue weighted by atomic mass is 32.2. The Kier molecular flexibility index (Phi) is 7.01. The lowest BCUT2D eigenvalue weighted by atomic mass is 9.89. The van der Waals surface area contributed by atoms with Crippen LogP contribution in [0.3, 0.4) is 0 Å². The van der Waals surface area contributed by atoms with E-state index < -0.39 is 12.0 Å². The topological polar surface area (TPSA) is 46.5 Å². The molecule has 0 bridgehead atoms. The van der Waals surface area contributed by atoms with Crippen molar-refractivity contribution < 1.29 is 14.6 Å². The van der Waals surface area contributed by atoms with E-state index >= 15 is 0 Å². The zero-order chi connectivity index (χ0) is 11.1. The third kappa shape index (κ3) is 4.33. The van der Waals surface area contributed by atoms with Crippen molar-refractivity contribution in [2.45, 2.75) is 26.4 Å². The minimum Gasteiger partial charge on any atom is -0.469 e. The molecule has 0 aliphatic carbocycles. The number of rotatable bonds is 6. The predicted molar refractivity (Wildman–Crippen MR) is 59.3 cm³/mol. The summed E-state index contributed by atoms with van der Waals surface area (Å²) in [5, 5.41) is 9.80. The number of aliphatic hydroxyl groups excluding tert-OH is 1. The first-order chi connectivity index (χ1) is 6.54. The monoisotopic (exact) mass is 220 g/mol. The third-order valence-electron chi connectivity index (χ3n) is 2.22. The first-order valence-corrected chi connectivity index (χ1v) is 6.18. The van der Waals surface area contributed by atoms with Gasteiger partial charge in [0, 0.05) is 0 Å². The van der Waals surface area contributed by atoms with Gasteiger partial charge in [-0.25, -0.2) is 0 Å². The minimum absolute atomic E-state index is 0.110. The second-order valence-electron chi connectivity index (χ2n) is 3.64. The number of carbonyl (C=O) groups is 1. The van der Waals surface area contributed by atoms with E-state index in [1.807, 2.05) is 20.1 Å². The van der Waals surface area contributed by atoms with Crippen molar-refractivity contribution in [1.82, 2.24) is 0 Å². The summed E-state index contributed by atoms with van der Waals surface area (Å²) in [6, 6.07) is 0. The summed E-state index contributed by atoms with van der Waals surface area (Å²) < 4.78 is 4.67. The molecule has 14 heavy (non-hydrogen) atoms. The molecule has 0 rings (SSSR count). The molecule has 0 saturated carbocycles. The van der Waals surface area contributed by atoms with Gasteiger partial charge in [0.2, 0.25) is 0 Å². The van der Waals surface area contributed by atoms with Gasteiger partial charge < -0.3 is 9.84 Å². The minimum atomic E-state index is -0.588. The van der Waals surface area contributed by atoms with Crippen LogP contribution in [-0.2, 0) is 9.53 Å². The SMILES string of the molecule is COC(=O)C(C(C)C)C(O)CCSC. The van der Waals surface area contributed by atoms with E-state index in [9.17, 15) is 9.90 Å². The summed E-state index contributed by atoms with van der Waals surface area (Å²) in [7, 11) is 1.36. The summed E-state index contributed by atoms with van der Waals surface area (Å²) >= 11 is 1.67. The number of aliphatic hydroxyl groups is 1. The zero-order valence-electron chi connectivity index (χ0n) is 9.32. The highest BCUT2D eigenvalue weighted by molar-refractivity contribution is 7.98. The molecular weight excluding hydrogens is 200 g/mol. The number of hydrogen-bond acceptors (Lipinski definition) is 4. The summed E-state index contributed by atoms with van der Waals surface area (Å²) in [5.41, 5.74) is 0. The maximum Gasteiger partial charge on any atom is 0.311 e. The highest BCUT2D eigenvalue weighted by Crippen LogP contribution is 2.20. The Bertz CT molecular complexity index is 171. The number of thioether (sulfide) groups is 1. The van der Waals surface area contributed by atoms with Crippen LogP contribution in [-0.4, -0.2) is 36.3 Å². The fourth-order valence-corrected chi connectivity index (χ4v) is 1.90. The molecule has 0 fully saturated rings. The Morgan fingerprint density at radius 1 is 1.50 bits per heavy atom. The van der Waals surface area contributed by atoms with Crippen LogP contribution in [0.25, 0.3) is 0 Å². The van der Waals surface area contributed by atoms with Crippen molar-refractivity contribution in [2.24, 2.45) is 11.8 Å². The molecule has 0 aliphatic heterocycles. The van der Waals surface area contributed by atoms with Gasteiger partial charge in [0.1, 0.15) is 0 Å². The summed E-state index contributed by atoms with van der Waals surface area (Å²) in [6.45, 7) is 3.84. The maximum atomic E-state index is 11.4. The predicted octanol–water partition coefficient (Wildman–Crippen LogP) is 1.55. The van der Waals surface area contributed by atoms with E-state index in [4.69, 9.17) is 0 Å². The van der Waals surface area contributed by atoms with Gasteiger partial charge >= 0.3 is 5.97 Å². The van der Waals surface area contributed by atoms with E-state index in [-0.39, 0.29) is 11.9 Å². The standard InChI is InChI=1S/C10H20O3S/c1-7(2)9(10(12)13-3)8(11)5-6-14-4/h7-9,11H,5-6H2,1-4H3. The van der Waals surface area contributed by atoms with Crippen molar-refractivity contribution in [3.8, 4) is 0 Å². The molecule has 0 aromatic heterocycles. The summed E-state index contributed by atoms with van der Waals surface area (Å²) in [5.74, 6) is 0.265. The van der Waals surface area contributed by atoms with Crippen LogP contribution in [0.2, 0.25) is 0 Å². The number of carbonyl (C=O) groups excluding carboxylic acids is 1. The van der Waals surface area contributed by atoms with Crippen LogP contribution in [0.4, 0.5) is 0 Å². The fraction of sp³-hybridized carbons (Fsp3) is 0.900. The summed E-state index contributed by atoms with van der Waals surface area (Å²) in [6.07, 6.45) is 2.03. The molecule has 0 aromatic carbocycles. The van der Waals surface area contributed by atoms with E-state index in [0.29, 0.717) is 6.42 Å². The quantitative estimate of drug-likeness (QED) is 0.690. The van der Waals surface area contributed by atoms with Gasteiger partial charge in [-0.3, -0.25) is 4.79 Å². The second-order valence-corrected chi connectivity index (χ2v) is 4.63. The van der Waals surface area contributed by atoms with E-state index in [0.717, 1.165) is 5.75 Å². The van der Waals surface area contributed by atoms with Gasteiger partial charge in [-0.2, -0.15) is 11.8 Å². The molecule has 2 unspecified atom stereocenters. The molecule has 0 heterocycles. The van der Waals surface area contributed by atoms with Crippen LogP contribution in [0, 0.1) is 11.8 Å². The number of methoxy groups -OCH3 is 1. The number of hydrogen-bond donors (Lipinski definition) is 1. The average molecular weight is 220 g/mol. The molecule has 2 atom stereocenters. The van der Waals surface area contributed by atoms with Crippen molar-refractivity contribution in [1.29, 1.82) is 0 Å². The molecule has 1 N–H and O–H groups in total. The average Bonchev–Trinajstić information content (AvgIpc) is 2.14. The van der Waals surface area contributed by atoms with Crippen LogP contribution in [0.15, 0.2) is 0 Å². The van der Waals surface area contributed by atoms with Crippen molar-refractivity contribution in [3.05, 3.63) is 0 Å². The van der Waals surface area contributed by atoms with E-state index in [1.165, 1.54) is 7.11 Å². The largest absolute Gasteiger partial charge is 0.469 e. The van der Waals surface area contributed by atoms with Crippen molar-refractivity contribution in [3.63, 3.8) is 0 Å². The van der Waals surface area contributed by atoms with Crippen LogP contribution in [0.1, 0.15) is 20.3 Å². The first-order valence-electron chi connectivity index (χ1n) is 4.79. The van der Waals surface area contributed by atoms with Crippen LogP contribution < -0.4 is 0 Å². The second kappa shape index (κ2) is 7.12. The lowest BCUT2D eigenvalue weighted by Gasteiger charge is -2.23. The molecule has 84 valence electrons. The van der Waals surface area contributed by atoms with Gasteiger partial charge in [0.25, 0.3) is 0 Å². The lowest BCUT2D eigenvalue weighted by Crippen LogP contribution is -2.33. The molecule has 0 aliphatic rings. The Hall–Kier alpha value is -0.220. The van der Waals surface area contributed by atoms with Crippen LogP contribution in [0.5, 0.6) is 0 Å². The molecule has 0 spiro atoms. The van der Waals surface area contributed by atoms with Gasteiger partial charge in [-0.15, -0.1) is 0 Å². The molecule has 0 aromatic rings.